The number of urea groups is 1. The molecule has 1 aliphatic heterocycles. The summed E-state index contributed by atoms with van der Waals surface area (Å²) in [5.41, 5.74) is 0.542. The van der Waals surface area contributed by atoms with Crippen molar-refractivity contribution < 1.29 is 4.79 Å². The highest BCUT2D eigenvalue weighted by Gasteiger charge is 2.25. The van der Waals surface area contributed by atoms with Crippen LogP contribution in [0.3, 0.4) is 0 Å². The van der Waals surface area contributed by atoms with E-state index in [4.69, 9.17) is 23.2 Å². The van der Waals surface area contributed by atoms with E-state index in [1.807, 2.05) is 0 Å². The van der Waals surface area contributed by atoms with Gasteiger partial charge in [-0.1, -0.05) is 29.3 Å². The Balaban J connectivity index is 1.61. The van der Waals surface area contributed by atoms with Crippen LogP contribution in [0.15, 0.2) is 35.7 Å². The van der Waals surface area contributed by atoms with E-state index in [2.05, 4.69) is 45.0 Å². The number of likely N-dealkylation sites (N-methyl/N-ethyl adjacent to an activating group) is 1. The second-order valence-corrected chi connectivity index (χ2v) is 8.15. The second-order valence-electron chi connectivity index (χ2n) is 6.33. The molecular formula is C18H22Cl2N4OS. The molecule has 1 aliphatic rings. The summed E-state index contributed by atoms with van der Waals surface area (Å²) in [5.74, 6) is 0. The zero-order valence-electron chi connectivity index (χ0n) is 14.5. The van der Waals surface area contributed by atoms with E-state index in [0.29, 0.717) is 22.3 Å². The third-order valence-corrected chi connectivity index (χ3v) is 6.01. The maximum Gasteiger partial charge on any atom is 0.319 e. The van der Waals surface area contributed by atoms with Crippen LogP contribution in [0.25, 0.3) is 0 Å². The highest BCUT2D eigenvalue weighted by molar-refractivity contribution is 7.10. The third kappa shape index (κ3) is 5.11. The van der Waals surface area contributed by atoms with Crippen LogP contribution in [0.1, 0.15) is 10.9 Å². The molecule has 2 heterocycles. The molecule has 2 amide bonds. The molecule has 3 rings (SSSR count). The molecule has 2 N–H and O–H groups in total. The number of rotatable bonds is 5. The molecule has 1 saturated heterocycles. The zero-order chi connectivity index (χ0) is 18.5. The Morgan fingerprint density at radius 3 is 2.65 bits per heavy atom. The van der Waals surface area contributed by atoms with E-state index in [0.717, 1.165) is 26.2 Å². The van der Waals surface area contributed by atoms with Crippen LogP contribution in [-0.2, 0) is 0 Å². The van der Waals surface area contributed by atoms with Crippen molar-refractivity contribution in [1.82, 2.24) is 15.1 Å². The smallest absolute Gasteiger partial charge is 0.319 e. The van der Waals surface area contributed by atoms with Gasteiger partial charge in [0.1, 0.15) is 0 Å². The fraction of sp³-hybridized carbons (Fsp3) is 0.389. The first-order valence-corrected chi connectivity index (χ1v) is 10.1. The van der Waals surface area contributed by atoms with E-state index in [9.17, 15) is 4.79 Å². The first-order valence-electron chi connectivity index (χ1n) is 8.49. The Labute approximate surface area is 167 Å². The topological polar surface area (TPSA) is 47.6 Å². The monoisotopic (exact) mass is 412 g/mol. The number of hydrogen-bond donors (Lipinski definition) is 2. The highest BCUT2D eigenvalue weighted by Crippen LogP contribution is 2.27. The number of halogens is 2. The van der Waals surface area contributed by atoms with Gasteiger partial charge in [0.05, 0.1) is 16.8 Å². The summed E-state index contributed by atoms with van der Waals surface area (Å²) in [6.07, 6.45) is 0. The molecule has 140 valence electrons. The van der Waals surface area contributed by atoms with Gasteiger partial charge in [0, 0.05) is 42.6 Å². The minimum Gasteiger partial charge on any atom is -0.336 e. The van der Waals surface area contributed by atoms with Gasteiger partial charge in [0.2, 0.25) is 0 Å². The van der Waals surface area contributed by atoms with Gasteiger partial charge in [-0.2, -0.15) is 0 Å². The number of hydrogen-bond acceptors (Lipinski definition) is 4. The first-order chi connectivity index (χ1) is 12.5. The van der Waals surface area contributed by atoms with Crippen molar-refractivity contribution in [3.8, 4) is 0 Å². The van der Waals surface area contributed by atoms with Gasteiger partial charge in [-0.05, 0) is 36.7 Å². The molecule has 2 aromatic rings. The van der Waals surface area contributed by atoms with Crippen molar-refractivity contribution in [1.29, 1.82) is 0 Å². The maximum absolute atomic E-state index is 12.3. The fourth-order valence-electron chi connectivity index (χ4n) is 2.97. The molecule has 0 bridgehead atoms. The van der Waals surface area contributed by atoms with Gasteiger partial charge < -0.3 is 15.5 Å². The maximum atomic E-state index is 12.3. The van der Waals surface area contributed by atoms with Gasteiger partial charge >= 0.3 is 6.03 Å². The largest absolute Gasteiger partial charge is 0.336 e. The molecule has 5 nitrogen and oxygen atoms in total. The molecule has 1 fully saturated rings. The van der Waals surface area contributed by atoms with Crippen LogP contribution in [0.5, 0.6) is 0 Å². The van der Waals surface area contributed by atoms with Crippen molar-refractivity contribution in [3.63, 3.8) is 0 Å². The normalized spacial score (nSPS) is 17.0. The van der Waals surface area contributed by atoms with E-state index >= 15 is 0 Å². The summed E-state index contributed by atoms with van der Waals surface area (Å²) in [7, 11) is 2.14. The lowest BCUT2D eigenvalue weighted by Crippen LogP contribution is -2.48. The third-order valence-electron chi connectivity index (χ3n) is 4.49. The number of thiophene rings is 1. The number of nitrogens with zero attached hydrogens (tertiary/aromatic N) is 2. The summed E-state index contributed by atoms with van der Waals surface area (Å²) < 4.78 is 0. The van der Waals surface area contributed by atoms with Crippen LogP contribution < -0.4 is 10.6 Å². The fourth-order valence-corrected chi connectivity index (χ4v) is 4.29. The Hall–Kier alpha value is -1.31. The van der Waals surface area contributed by atoms with Crippen molar-refractivity contribution in [2.45, 2.75) is 6.04 Å². The summed E-state index contributed by atoms with van der Waals surface area (Å²) in [4.78, 5) is 18.3. The molecule has 0 spiro atoms. The predicted molar refractivity (Wildman–Crippen MR) is 110 cm³/mol. The van der Waals surface area contributed by atoms with Crippen molar-refractivity contribution in [2.75, 3.05) is 45.1 Å². The lowest BCUT2D eigenvalue weighted by molar-refractivity contribution is 0.113. The van der Waals surface area contributed by atoms with Crippen LogP contribution in [0.2, 0.25) is 10.0 Å². The Morgan fingerprint density at radius 2 is 2.00 bits per heavy atom. The lowest BCUT2D eigenvalue weighted by Gasteiger charge is -2.37. The number of anilines is 1. The molecule has 1 unspecified atom stereocenters. The average Bonchev–Trinajstić information content (AvgIpc) is 3.13. The minimum absolute atomic E-state index is 0.176. The van der Waals surface area contributed by atoms with Gasteiger partial charge in [0.15, 0.2) is 0 Å². The highest BCUT2D eigenvalue weighted by atomic mass is 35.5. The van der Waals surface area contributed by atoms with Crippen LogP contribution in [-0.4, -0.2) is 55.6 Å². The zero-order valence-corrected chi connectivity index (χ0v) is 16.9. The molecule has 1 aromatic heterocycles. The predicted octanol–water partition coefficient (Wildman–Crippen LogP) is 4.17. The second kappa shape index (κ2) is 9.06. The van der Waals surface area contributed by atoms with Crippen molar-refractivity contribution in [3.05, 3.63) is 50.6 Å². The molecule has 1 aromatic carbocycles. The summed E-state index contributed by atoms with van der Waals surface area (Å²) >= 11 is 13.7. The number of carbonyl (C=O) groups is 1. The van der Waals surface area contributed by atoms with E-state index in [-0.39, 0.29) is 12.1 Å². The average molecular weight is 413 g/mol. The van der Waals surface area contributed by atoms with Crippen LogP contribution in [0, 0.1) is 0 Å². The Morgan fingerprint density at radius 1 is 1.23 bits per heavy atom. The first kappa shape index (κ1) is 19.5. The summed E-state index contributed by atoms with van der Waals surface area (Å²) in [6.45, 7) is 4.60. The number of amides is 2. The van der Waals surface area contributed by atoms with E-state index in [1.54, 1.807) is 29.5 Å². The van der Waals surface area contributed by atoms with Crippen LogP contribution in [0.4, 0.5) is 10.5 Å². The minimum atomic E-state index is -0.273. The van der Waals surface area contributed by atoms with E-state index < -0.39 is 0 Å². The number of piperazine rings is 1. The molecule has 8 heteroatoms. The Bertz CT molecular complexity index is 733. The lowest BCUT2D eigenvalue weighted by atomic mass is 10.1. The standard InChI is InChI=1S/C18H22Cl2N4OS/c1-23-6-8-24(9-7-23)16(17-3-2-10-26-17)12-21-18(25)22-15-5-4-13(19)11-14(15)20/h2-5,10-11,16H,6-9,12H2,1H3,(H2,21,22,25). The SMILES string of the molecule is CN1CCN(C(CNC(=O)Nc2ccc(Cl)cc2Cl)c2cccs2)CC1. The quantitative estimate of drug-likeness (QED) is 0.774. The number of benzene rings is 1. The van der Waals surface area contributed by atoms with Crippen molar-refractivity contribution in [2.24, 2.45) is 0 Å². The summed E-state index contributed by atoms with van der Waals surface area (Å²) in [5, 5.41) is 8.79. The number of carbonyl (C=O) groups excluding carboxylic acids is 1. The number of nitrogens with one attached hydrogen (secondary N) is 2. The molecule has 0 radical (unpaired) electrons. The molecule has 0 aliphatic carbocycles. The van der Waals surface area contributed by atoms with E-state index in [1.165, 1.54) is 4.88 Å². The van der Waals surface area contributed by atoms with Gasteiger partial charge in [0.25, 0.3) is 0 Å². The molecule has 0 saturated carbocycles. The molecule has 1 atom stereocenters. The summed E-state index contributed by atoms with van der Waals surface area (Å²) in [6, 6.07) is 9.08. The van der Waals surface area contributed by atoms with Crippen LogP contribution >= 0.6 is 34.5 Å². The van der Waals surface area contributed by atoms with Gasteiger partial charge in [-0.25, -0.2) is 4.79 Å². The molecule has 26 heavy (non-hydrogen) atoms. The van der Waals surface area contributed by atoms with Crippen molar-refractivity contribution >= 4 is 46.3 Å². The van der Waals surface area contributed by atoms with Gasteiger partial charge in [-0.15, -0.1) is 11.3 Å². The van der Waals surface area contributed by atoms with Gasteiger partial charge in [-0.3, -0.25) is 4.90 Å². The molecular weight excluding hydrogens is 391 g/mol. The Kier molecular flexibility index (Phi) is 6.78.